The van der Waals surface area contributed by atoms with E-state index in [1.54, 1.807) is 31.2 Å². The van der Waals surface area contributed by atoms with Crippen LogP contribution in [0, 0.1) is 0 Å². The zero-order valence-electron chi connectivity index (χ0n) is 15.6. The largest absolute Gasteiger partial charge is 0.492 e. The molecule has 0 fully saturated rings. The summed E-state index contributed by atoms with van der Waals surface area (Å²) < 4.78 is 31.6. The molecule has 28 heavy (non-hydrogen) atoms. The molecule has 1 amide bonds. The summed E-state index contributed by atoms with van der Waals surface area (Å²) in [6.45, 7) is 2.07. The fraction of sp³-hybridized carbons (Fsp3) is 0.211. The van der Waals surface area contributed by atoms with Crippen LogP contribution in [-0.2, 0) is 14.8 Å². The number of carbonyl (C=O) groups is 1. The quantitative estimate of drug-likeness (QED) is 0.648. The predicted molar refractivity (Wildman–Crippen MR) is 113 cm³/mol. The van der Waals surface area contributed by atoms with Crippen LogP contribution in [0.15, 0.2) is 47.4 Å². The van der Waals surface area contributed by atoms with Gasteiger partial charge in [-0.25, -0.2) is 12.7 Å². The number of ether oxygens (including phenoxy) is 1. The molecule has 9 heteroatoms. The zero-order valence-corrected chi connectivity index (χ0v) is 17.9. The molecule has 2 rings (SSSR count). The van der Waals surface area contributed by atoms with Crippen LogP contribution in [0.5, 0.6) is 5.75 Å². The molecule has 0 aliphatic rings. The second-order valence-electron chi connectivity index (χ2n) is 5.85. The maximum absolute atomic E-state index is 12.5. The van der Waals surface area contributed by atoms with Gasteiger partial charge in [-0.3, -0.25) is 4.79 Å². The lowest BCUT2D eigenvalue weighted by atomic mass is 10.2. The number of nitrogens with one attached hydrogen (secondary N) is 1. The van der Waals surface area contributed by atoms with E-state index in [2.05, 4.69) is 5.32 Å². The lowest BCUT2D eigenvalue weighted by Crippen LogP contribution is -2.23. The fourth-order valence-electron chi connectivity index (χ4n) is 2.26. The van der Waals surface area contributed by atoms with Gasteiger partial charge in [0.05, 0.1) is 16.7 Å². The van der Waals surface area contributed by atoms with Crippen molar-refractivity contribution in [3.63, 3.8) is 0 Å². The molecule has 150 valence electrons. The molecule has 0 aliphatic carbocycles. The van der Waals surface area contributed by atoms with Crippen molar-refractivity contribution in [3.8, 4) is 5.75 Å². The second-order valence-corrected chi connectivity index (χ2v) is 8.75. The van der Waals surface area contributed by atoms with Crippen LogP contribution in [0.3, 0.4) is 0 Å². The molecule has 0 radical (unpaired) electrons. The van der Waals surface area contributed by atoms with Gasteiger partial charge in [0, 0.05) is 25.9 Å². The van der Waals surface area contributed by atoms with E-state index >= 15 is 0 Å². The Kier molecular flexibility index (Phi) is 7.48. The SMILES string of the molecule is CCOc1ccc(NC(=O)/C=C/c2cccc(Cl)c2Cl)cc1S(=O)(=O)N(C)C. The first kappa shape index (κ1) is 22.2. The third-order valence-electron chi connectivity index (χ3n) is 3.67. The topological polar surface area (TPSA) is 75.7 Å². The highest BCUT2D eigenvalue weighted by Crippen LogP contribution is 2.29. The summed E-state index contributed by atoms with van der Waals surface area (Å²) in [5.74, 6) is -0.233. The molecule has 0 bridgehead atoms. The highest BCUT2D eigenvalue weighted by molar-refractivity contribution is 7.89. The van der Waals surface area contributed by atoms with Crippen molar-refractivity contribution < 1.29 is 17.9 Å². The monoisotopic (exact) mass is 442 g/mol. The summed E-state index contributed by atoms with van der Waals surface area (Å²) in [7, 11) is -0.898. The Bertz CT molecular complexity index is 1000. The van der Waals surface area contributed by atoms with Crippen LogP contribution < -0.4 is 10.1 Å². The van der Waals surface area contributed by atoms with Crippen molar-refractivity contribution in [2.75, 3.05) is 26.0 Å². The number of anilines is 1. The number of hydrogen-bond donors (Lipinski definition) is 1. The van der Waals surface area contributed by atoms with Gasteiger partial charge < -0.3 is 10.1 Å². The van der Waals surface area contributed by atoms with Crippen molar-refractivity contribution in [2.24, 2.45) is 0 Å². The minimum Gasteiger partial charge on any atom is -0.492 e. The molecule has 0 saturated carbocycles. The summed E-state index contributed by atoms with van der Waals surface area (Å²) in [5, 5.41) is 3.35. The Hall–Kier alpha value is -2.06. The summed E-state index contributed by atoms with van der Waals surface area (Å²) in [6, 6.07) is 9.52. The van der Waals surface area contributed by atoms with Crippen molar-refractivity contribution in [2.45, 2.75) is 11.8 Å². The van der Waals surface area contributed by atoms with Gasteiger partial charge in [0.1, 0.15) is 10.6 Å². The van der Waals surface area contributed by atoms with Crippen LogP contribution in [0.4, 0.5) is 5.69 Å². The molecular formula is C19H20Cl2N2O4S. The molecule has 0 aliphatic heterocycles. The summed E-state index contributed by atoms with van der Waals surface area (Å²) in [5.41, 5.74) is 0.905. The van der Waals surface area contributed by atoms with Crippen LogP contribution >= 0.6 is 23.2 Å². The third kappa shape index (κ3) is 5.26. The number of rotatable bonds is 7. The molecule has 0 saturated heterocycles. The van der Waals surface area contributed by atoms with Gasteiger partial charge in [-0.2, -0.15) is 0 Å². The van der Waals surface area contributed by atoms with Crippen LogP contribution in [0.25, 0.3) is 6.08 Å². The van der Waals surface area contributed by atoms with E-state index in [4.69, 9.17) is 27.9 Å². The Morgan fingerprint density at radius 1 is 1.21 bits per heavy atom. The van der Waals surface area contributed by atoms with E-state index in [9.17, 15) is 13.2 Å². The van der Waals surface area contributed by atoms with E-state index in [1.807, 2.05) is 0 Å². The minimum absolute atomic E-state index is 0.0287. The Morgan fingerprint density at radius 3 is 2.57 bits per heavy atom. The van der Waals surface area contributed by atoms with E-state index in [1.165, 1.54) is 38.4 Å². The van der Waals surface area contributed by atoms with E-state index < -0.39 is 15.9 Å². The van der Waals surface area contributed by atoms with Crippen molar-refractivity contribution >= 4 is 50.9 Å². The number of sulfonamides is 1. The second kappa shape index (κ2) is 9.43. The average molecular weight is 443 g/mol. The van der Waals surface area contributed by atoms with Gasteiger partial charge in [0.2, 0.25) is 15.9 Å². The standard InChI is InChI=1S/C19H20Cl2N2O4S/c1-4-27-16-10-9-14(12-17(16)28(25,26)23(2)3)22-18(24)11-8-13-6-5-7-15(20)19(13)21/h5-12H,4H2,1-3H3,(H,22,24)/b11-8+. The number of carbonyl (C=O) groups excluding carboxylic acids is 1. The molecule has 0 unspecified atom stereocenters. The molecule has 2 aromatic rings. The Morgan fingerprint density at radius 2 is 1.93 bits per heavy atom. The van der Waals surface area contributed by atoms with Gasteiger partial charge in [-0.15, -0.1) is 0 Å². The van der Waals surface area contributed by atoms with E-state index in [0.717, 1.165) is 4.31 Å². The van der Waals surface area contributed by atoms with Gasteiger partial charge >= 0.3 is 0 Å². The normalized spacial score (nSPS) is 11.8. The number of hydrogen-bond acceptors (Lipinski definition) is 4. The number of amides is 1. The Balaban J connectivity index is 2.27. The van der Waals surface area contributed by atoms with Gasteiger partial charge in [-0.1, -0.05) is 35.3 Å². The van der Waals surface area contributed by atoms with Crippen LogP contribution in [0.2, 0.25) is 10.0 Å². The molecule has 0 spiro atoms. The molecule has 0 heterocycles. The van der Waals surface area contributed by atoms with Gasteiger partial charge in [-0.05, 0) is 42.8 Å². The van der Waals surface area contributed by atoms with Gasteiger partial charge in [0.15, 0.2) is 0 Å². The molecule has 0 atom stereocenters. The molecule has 1 N–H and O–H groups in total. The Labute approximate surface area is 174 Å². The molecule has 0 aromatic heterocycles. The maximum atomic E-state index is 12.5. The number of halogens is 2. The highest BCUT2D eigenvalue weighted by atomic mass is 35.5. The van der Waals surface area contributed by atoms with Crippen LogP contribution in [0.1, 0.15) is 12.5 Å². The lowest BCUT2D eigenvalue weighted by molar-refractivity contribution is -0.111. The lowest BCUT2D eigenvalue weighted by Gasteiger charge is -2.16. The molecule has 2 aromatic carbocycles. The smallest absolute Gasteiger partial charge is 0.248 e. The number of benzene rings is 2. The predicted octanol–water partition coefficient (Wildman–Crippen LogP) is 4.29. The number of nitrogens with zero attached hydrogens (tertiary/aromatic N) is 1. The van der Waals surface area contributed by atoms with E-state index in [0.29, 0.717) is 27.9 Å². The van der Waals surface area contributed by atoms with Crippen molar-refractivity contribution in [1.82, 2.24) is 4.31 Å². The highest BCUT2D eigenvalue weighted by Gasteiger charge is 2.23. The third-order valence-corrected chi connectivity index (χ3v) is 6.34. The summed E-state index contributed by atoms with van der Waals surface area (Å²) in [6.07, 6.45) is 2.81. The van der Waals surface area contributed by atoms with E-state index in [-0.39, 0.29) is 10.6 Å². The first-order valence-corrected chi connectivity index (χ1v) is 10.5. The molecule has 6 nitrogen and oxygen atoms in total. The van der Waals surface area contributed by atoms with Crippen molar-refractivity contribution in [1.29, 1.82) is 0 Å². The van der Waals surface area contributed by atoms with Gasteiger partial charge in [0.25, 0.3) is 0 Å². The summed E-state index contributed by atoms with van der Waals surface area (Å²) in [4.78, 5) is 12.2. The fourth-order valence-corrected chi connectivity index (χ4v) is 3.68. The first-order chi connectivity index (χ1) is 13.2. The average Bonchev–Trinajstić information content (AvgIpc) is 2.64. The maximum Gasteiger partial charge on any atom is 0.248 e. The molecular weight excluding hydrogens is 423 g/mol. The summed E-state index contributed by atoms with van der Waals surface area (Å²) >= 11 is 12.0. The zero-order chi connectivity index (χ0) is 20.9. The minimum atomic E-state index is -3.75. The van der Waals surface area contributed by atoms with Crippen molar-refractivity contribution in [3.05, 3.63) is 58.1 Å². The van der Waals surface area contributed by atoms with Crippen LogP contribution in [-0.4, -0.2) is 39.3 Å². The first-order valence-electron chi connectivity index (χ1n) is 8.29.